The first-order valence-corrected chi connectivity index (χ1v) is 7.53. The third kappa shape index (κ3) is 5.39. The van der Waals surface area contributed by atoms with E-state index in [2.05, 4.69) is 40.0 Å². The van der Waals surface area contributed by atoms with Crippen LogP contribution in [0.15, 0.2) is 48.7 Å². The third-order valence-corrected chi connectivity index (χ3v) is 3.30. The first-order valence-electron chi connectivity index (χ1n) is 7.12. The fraction of sp³-hybridized carbons (Fsp3) is 0.250. The Bertz CT molecular complexity index is 554. The Hall–Kier alpha value is -2.14. The fourth-order valence-corrected chi connectivity index (χ4v) is 2.10. The van der Waals surface area contributed by atoms with Crippen LogP contribution in [-0.2, 0) is 6.42 Å². The molecule has 0 aliphatic heterocycles. The zero-order valence-electron chi connectivity index (χ0n) is 12.1. The average Bonchev–Trinajstić information content (AvgIpc) is 2.53. The van der Waals surface area contributed by atoms with Crippen molar-refractivity contribution in [3.8, 4) is 0 Å². The van der Waals surface area contributed by atoms with E-state index in [0.717, 1.165) is 31.0 Å². The quantitative estimate of drug-likeness (QED) is 0.567. The van der Waals surface area contributed by atoms with Gasteiger partial charge >= 0.3 is 0 Å². The second kappa shape index (κ2) is 8.21. The van der Waals surface area contributed by atoms with Gasteiger partial charge in [0.05, 0.1) is 12.7 Å². The van der Waals surface area contributed by atoms with Gasteiger partial charge in [0.15, 0.2) is 5.11 Å². The lowest BCUT2D eigenvalue weighted by Crippen LogP contribution is -2.33. The summed E-state index contributed by atoms with van der Waals surface area (Å²) in [6.07, 6.45) is 2.94. The first kappa shape index (κ1) is 15.3. The molecular weight excluding hydrogens is 280 g/mol. The van der Waals surface area contributed by atoms with Crippen molar-refractivity contribution < 1.29 is 4.98 Å². The van der Waals surface area contributed by atoms with Gasteiger partial charge in [0.25, 0.3) is 5.82 Å². The van der Waals surface area contributed by atoms with E-state index in [1.54, 1.807) is 0 Å². The number of rotatable bonds is 6. The number of anilines is 2. The molecule has 5 heteroatoms. The lowest BCUT2D eigenvalue weighted by molar-refractivity contribution is -0.361. The van der Waals surface area contributed by atoms with Crippen molar-refractivity contribution in [1.29, 1.82) is 0 Å². The highest BCUT2D eigenvalue weighted by Gasteiger charge is 2.00. The van der Waals surface area contributed by atoms with Crippen LogP contribution in [0.5, 0.6) is 0 Å². The normalized spacial score (nSPS) is 9.95. The Morgan fingerprint density at radius 1 is 1.10 bits per heavy atom. The van der Waals surface area contributed by atoms with Gasteiger partial charge in [-0.25, -0.2) is 4.98 Å². The van der Waals surface area contributed by atoms with Crippen molar-refractivity contribution >= 4 is 28.8 Å². The molecular formula is C16H21N4S+. The van der Waals surface area contributed by atoms with E-state index in [-0.39, 0.29) is 0 Å². The monoisotopic (exact) mass is 301 g/mol. The Balaban J connectivity index is 1.67. The lowest BCUT2D eigenvalue weighted by atomic mass is 10.1. The summed E-state index contributed by atoms with van der Waals surface area (Å²) >= 11 is 5.27. The molecule has 110 valence electrons. The van der Waals surface area contributed by atoms with Gasteiger partial charge in [0, 0.05) is 11.8 Å². The van der Waals surface area contributed by atoms with Crippen molar-refractivity contribution in [2.75, 3.05) is 23.7 Å². The Morgan fingerprint density at radius 3 is 2.57 bits per heavy atom. The van der Waals surface area contributed by atoms with Crippen LogP contribution in [0, 0.1) is 0 Å². The molecule has 1 heterocycles. The van der Waals surface area contributed by atoms with Crippen LogP contribution in [0.2, 0.25) is 0 Å². The molecule has 4 nitrogen and oxygen atoms in total. The summed E-state index contributed by atoms with van der Waals surface area (Å²) in [6, 6.07) is 14.2. The molecule has 0 saturated heterocycles. The van der Waals surface area contributed by atoms with Gasteiger partial charge in [-0.15, -0.1) is 0 Å². The largest absolute Gasteiger partial charge is 0.359 e. The van der Waals surface area contributed by atoms with E-state index in [9.17, 15) is 0 Å². The molecule has 0 unspecified atom stereocenters. The molecule has 0 amide bonds. The van der Waals surface area contributed by atoms with Crippen molar-refractivity contribution in [2.24, 2.45) is 0 Å². The molecule has 0 spiro atoms. The van der Waals surface area contributed by atoms with Gasteiger partial charge in [-0.1, -0.05) is 25.1 Å². The zero-order valence-corrected chi connectivity index (χ0v) is 13.0. The lowest BCUT2D eigenvalue weighted by Gasteiger charge is -2.10. The van der Waals surface area contributed by atoms with Crippen LogP contribution in [0.3, 0.4) is 0 Å². The molecule has 0 aliphatic carbocycles. The summed E-state index contributed by atoms with van der Waals surface area (Å²) in [6.45, 7) is 3.69. The van der Waals surface area contributed by atoms with Crippen LogP contribution >= 0.6 is 12.2 Å². The van der Waals surface area contributed by atoms with Crippen LogP contribution in [0.4, 0.5) is 11.5 Å². The van der Waals surface area contributed by atoms with E-state index >= 15 is 0 Å². The molecule has 1 aromatic carbocycles. The minimum atomic E-state index is 0.637. The molecule has 4 N–H and O–H groups in total. The van der Waals surface area contributed by atoms with E-state index in [0.29, 0.717) is 5.11 Å². The first-order chi connectivity index (χ1) is 10.3. The Labute approximate surface area is 131 Å². The number of hydrogen-bond acceptors (Lipinski definition) is 2. The predicted molar refractivity (Wildman–Crippen MR) is 91.5 cm³/mol. The maximum absolute atomic E-state index is 5.27. The Kier molecular flexibility index (Phi) is 5.97. The van der Waals surface area contributed by atoms with Crippen molar-refractivity contribution in [1.82, 2.24) is 5.32 Å². The molecule has 1 aromatic heterocycles. The zero-order chi connectivity index (χ0) is 14.9. The van der Waals surface area contributed by atoms with Gasteiger partial charge in [-0.05, 0) is 42.4 Å². The van der Waals surface area contributed by atoms with E-state index in [4.69, 9.17) is 12.2 Å². The number of aryl methyl sites for hydroxylation is 1. The van der Waals surface area contributed by atoms with Crippen LogP contribution in [0.1, 0.15) is 12.5 Å². The van der Waals surface area contributed by atoms with E-state index < -0.39 is 0 Å². The average molecular weight is 301 g/mol. The summed E-state index contributed by atoms with van der Waals surface area (Å²) in [5.74, 6) is 0.994. The molecule has 2 aromatic rings. The van der Waals surface area contributed by atoms with Gasteiger partial charge in [0.1, 0.15) is 6.54 Å². The molecule has 0 aliphatic rings. The molecule has 0 saturated carbocycles. The summed E-state index contributed by atoms with van der Waals surface area (Å²) < 4.78 is 0. The highest BCUT2D eigenvalue weighted by molar-refractivity contribution is 7.80. The minimum Gasteiger partial charge on any atom is -0.359 e. The summed E-state index contributed by atoms with van der Waals surface area (Å²) in [5.41, 5.74) is 2.33. The SMILES string of the molecule is CCc1ccc(NC(=S)NCCNc2cccc[nH+]2)cc1. The summed E-state index contributed by atoms with van der Waals surface area (Å²) in [5, 5.41) is 10.3. The number of pyridine rings is 1. The van der Waals surface area contributed by atoms with Gasteiger partial charge in [-0.2, -0.15) is 0 Å². The standard InChI is InChI=1S/C16H20N4S/c1-2-13-6-8-14(9-7-13)20-16(21)19-12-11-18-15-5-3-4-10-17-15/h3-10H,2,11-12H2,1H3,(H,17,18)(H2,19,20,21)/p+1. The van der Waals surface area contributed by atoms with Crippen LogP contribution < -0.4 is 20.9 Å². The predicted octanol–water partition coefficient (Wildman–Crippen LogP) is 2.46. The number of aromatic amines is 1. The number of aromatic nitrogens is 1. The van der Waals surface area contributed by atoms with E-state index in [1.165, 1.54) is 5.56 Å². The Morgan fingerprint density at radius 2 is 1.90 bits per heavy atom. The minimum absolute atomic E-state index is 0.637. The molecule has 0 bridgehead atoms. The number of nitrogens with one attached hydrogen (secondary N) is 4. The third-order valence-electron chi connectivity index (χ3n) is 3.06. The molecule has 0 fully saturated rings. The second-order valence-electron chi connectivity index (χ2n) is 4.63. The summed E-state index contributed by atoms with van der Waals surface area (Å²) in [7, 11) is 0. The number of hydrogen-bond donors (Lipinski definition) is 3. The topological polar surface area (TPSA) is 50.2 Å². The van der Waals surface area contributed by atoms with Crippen LogP contribution in [-0.4, -0.2) is 18.2 Å². The highest BCUT2D eigenvalue weighted by Crippen LogP contribution is 2.09. The maximum Gasteiger partial charge on any atom is 0.272 e. The van der Waals surface area contributed by atoms with Gasteiger partial charge in [-0.3, -0.25) is 5.32 Å². The molecule has 0 radical (unpaired) electrons. The van der Waals surface area contributed by atoms with Gasteiger partial charge in [0.2, 0.25) is 0 Å². The molecule has 0 atom stereocenters. The maximum atomic E-state index is 5.27. The number of H-pyrrole nitrogens is 1. The van der Waals surface area contributed by atoms with E-state index in [1.807, 2.05) is 36.5 Å². The molecule has 21 heavy (non-hydrogen) atoms. The summed E-state index contributed by atoms with van der Waals surface area (Å²) in [4.78, 5) is 3.12. The van der Waals surface area contributed by atoms with Gasteiger partial charge < -0.3 is 10.6 Å². The number of thiocarbonyl (C=S) groups is 1. The smallest absolute Gasteiger partial charge is 0.272 e. The van der Waals surface area contributed by atoms with Crippen molar-refractivity contribution in [3.63, 3.8) is 0 Å². The van der Waals surface area contributed by atoms with Crippen molar-refractivity contribution in [3.05, 3.63) is 54.2 Å². The second-order valence-corrected chi connectivity index (χ2v) is 5.04. The highest BCUT2D eigenvalue weighted by atomic mass is 32.1. The molecule has 2 rings (SSSR count). The van der Waals surface area contributed by atoms with Crippen LogP contribution in [0.25, 0.3) is 0 Å². The fourth-order valence-electron chi connectivity index (χ4n) is 1.88. The van der Waals surface area contributed by atoms with Crippen molar-refractivity contribution in [2.45, 2.75) is 13.3 Å². The number of benzene rings is 1.